The van der Waals surface area contributed by atoms with E-state index in [1.165, 1.54) is 87.2 Å². The topological polar surface area (TPSA) is 203 Å². The highest BCUT2D eigenvalue weighted by Crippen LogP contribution is 2.27. The number of benzene rings is 8. The van der Waals surface area contributed by atoms with Gasteiger partial charge in [-0.2, -0.15) is 0 Å². The number of pyridine rings is 3. The summed E-state index contributed by atoms with van der Waals surface area (Å²) >= 11 is 0. The zero-order valence-electron chi connectivity index (χ0n) is 71.4. The molecule has 0 radical (unpaired) electrons. The van der Waals surface area contributed by atoms with Gasteiger partial charge < -0.3 is 24.0 Å². The molecule has 2 aliphatic heterocycles. The third-order valence-corrected chi connectivity index (χ3v) is 20.8. The second-order valence-electron chi connectivity index (χ2n) is 29.6. The van der Waals surface area contributed by atoms with E-state index >= 15 is 0 Å². The van der Waals surface area contributed by atoms with Gasteiger partial charge in [-0.25, -0.2) is 0 Å². The molecule has 0 spiro atoms. The first-order chi connectivity index (χ1) is 60.9. The molecule has 8 aromatic carbocycles. The quantitative estimate of drug-likeness (QED) is 0.0335. The number of para-hydroxylation sites is 3. The van der Waals surface area contributed by atoms with Crippen LogP contribution in [-0.2, 0) is 0 Å². The minimum absolute atomic E-state index is 0.239. The van der Waals surface area contributed by atoms with E-state index in [0.717, 1.165) is 120 Å². The van der Waals surface area contributed by atoms with Gasteiger partial charge in [-0.05, 0) is 163 Å². The van der Waals surface area contributed by atoms with Crippen LogP contribution in [-0.4, -0.2) is 225 Å². The van der Waals surface area contributed by atoms with Gasteiger partial charge in [-0.15, -0.1) is 0 Å². The number of methoxy groups -OCH3 is 3. The first-order valence-electron chi connectivity index (χ1n) is 43.0. The molecule has 20 heteroatoms. The fraction of sp³-hybridized carbons (Fsp3) is 0.291. The van der Waals surface area contributed by atoms with E-state index in [1.54, 1.807) is 39.9 Å². The van der Waals surface area contributed by atoms with E-state index < -0.39 is 0 Å². The maximum atomic E-state index is 5.41. The molecule has 2 atom stereocenters. The van der Waals surface area contributed by atoms with Gasteiger partial charge in [-0.1, -0.05) is 183 Å². The van der Waals surface area contributed by atoms with Crippen molar-refractivity contribution in [3.63, 3.8) is 0 Å². The molecule has 3 fully saturated rings. The Morgan fingerprint density at radius 3 is 0.919 bits per heavy atom. The van der Waals surface area contributed by atoms with Crippen LogP contribution in [0, 0.1) is 0 Å². The summed E-state index contributed by atoms with van der Waals surface area (Å²) in [5.74, 6) is 2.46. The Balaban J connectivity index is 0.000000162. The summed E-state index contributed by atoms with van der Waals surface area (Å²) in [6, 6.07) is 89.7. The van der Waals surface area contributed by atoms with Gasteiger partial charge in [0.05, 0.1) is 89.8 Å². The molecule has 1 aliphatic carbocycles. The van der Waals surface area contributed by atoms with Crippen molar-refractivity contribution >= 4 is 73.5 Å². The van der Waals surface area contributed by atoms with Gasteiger partial charge >= 0.3 is 0 Å². The molecule has 3 aliphatic rings. The molecule has 0 N–H and O–H groups in total. The summed E-state index contributed by atoms with van der Waals surface area (Å²) < 4.78 is 16.2. The van der Waals surface area contributed by atoms with Crippen LogP contribution in [0.25, 0.3) is 0 Å². The normalized spacial score (nSPS) is 15.2. The molecular weight excluding hydrogens is 1520 g/mol. The molecule has 2 unspecified atom stereocenters. The summed E-state index contributed by atoms with van der Waals surface area (Å²) in [7, 11) is 5.02. The van der Waals surface area contributed by atoms with Gasteiger partial charge in [0, 0.05) is 174 Å². The highest BCUT2D eigenvalue weighted by atomic mass is 16.5. The summed E-state index contributed by atoms with van der Waals surface area (Å²) in [5.41, 5.74) is 13.8. The van der Waals surface area contributed by atoms with Crippen LogP contribution in [0.4, 0.5) is 11.4 Å². The van der Waals surface area contributed by atoms with E-state index in [4.69, 9.17) is 24.2 Å². The lowest BCUT2D eigenvalue weighted by molar-refractivity contribution is 0.298. The molecule has 123 heavy (non-hydrogen) atoms. The van der Waals surface area contributed by atoms with Crippen molar-refractivity contribution in [2.75, 3.05) is 136 Å². The minimum Gasteiger partial charge on any atom is -0.496 e. The Morgan fingerprint density at radius 2 is 0.602 bits per heavy atom. The predicted octanol–water partition coefficient (Wildman–Crippen LogP) is 18.2. The van der Waals surface area contributed by atoms with Crippen LogP contribution in [0.2, 0.25) is 0 Å². The molecule has 5 heterocycles. The van der Waals surface area contributed by atoms with Crippen LogP contribution in [0.3, 0.4) is 0 Å². The number of rotatable bonds is 38. The standard InChI is InChI=1S/C30H36N4O3.C28H36N4.C24H27N7.C21H18N2/c1-35-28-13-7-4-10-25(28)22-31-16-19-34(20-17-32-23-26-11-5-8-14-29(26)36-2)21-18-33-24-27-12-6-9-15-30(27)37-3;1-2-8-28(30-22-24-11-15-26(16-12-24)32-19-5-6-20-32)27(7-1)29-21-23-9-13-25(14-10-23)31-17-3-4-18-31;1-4-10-28-22(7-1)19-25-13-16-31(17-14-26-20-23-8-2-5-11-29-23)18-15-27-21-24-9-3-6-12-30-24;1-4-10-18(11-5-1)16-22-21(20-14-8-3-9-15-20)23-17-19-12-6-2-7-13-19/h4-15,22-24H,16-21H2,1-3H3;9-16,21-22,27-28H,1-8,17-20H2;1-12,19-21H,13-18H2;1-17,21H. The van der Waals surface area contributed by atoms with E-state index in [9.17, 15) is 0 Å². The summed E-state index contributed by atoms with van der Waals surface area (Å²) in [5, 5.41) is 0. The van der Waals surface area contributed by atoms with Crippen molar-refractivity contribution in [3.8, 4) is 17.2 Å². The predicted molar refractivity (Wildman–Crippen MR) is 514 cm³/mol. The van der Waals surface area contributed by atoms with Crippen LogP contribution < -0.4 is 24.0 Å². The second-order valence-corrected chi connectivity index (χ2v) is 29.6. The van der Waals surface area contributed by atoms with Crippen LogP contribution in [0.1, 0.15) is 119 Å². The van der Waals surface area contributed by atoms with Crippen LogP contribution in [0.5, 0.6) is 17.2 Å². The van der Waals surface area contributed by atoms with Crippen molar-refractivity contribution < 1.29 is 14.2 Å². The molecular formula is C103H117N17O3. The summed E-state index contributed by atoms with van der Waals surface area (Å²) in [6.45, 7) is 13.8. The second kappa shape index (κ2) is 54.2. The lowest BCUT2D eigenvalue weighted by atomic mass is 9.91. The van der Waals surface area contributed by atoms with Gasteiger partial charge in [-0.3, -0.25) is 74.7 Å². The minimum atomic E-state index is -0.239. The maximum absolute atomic E-state index is 5.41. The van der Waals surface area contributed by atoms with Crippen molar-refractivity contribution in [1.82, 2.24) is 24.8 Å². The number of ether oxygens (including phenoxy) is 3. The smallest absolute Gasteiger partial charge is 0.165 e. The third-order valence-electron chi connectivity index (χ3n) is 20.8. The Hall–Kier alpha value is -13.2. The first-order valence-corrected chi connectivity index (χ1v) is 43.0. The Morgan fingerprint density at radius 1 is 0.309 bits per heavy atom. The average molecular weight is 1640 g/mol. The zero-order chi connectivity index (χ0) is 84.9. The molecule has 14 rings (SSSR count). The molecule has 3 aromatic heterocycles. The molecule has 632 valence electrons. The highest BCUT2D eigenvalue weighted by molar-refractivity contribution is 5.86. The summed E-state index contributed by atoms with van der Waals surface area (Å²) in [4.78, 5) is 69.1. The van der Waals surface area contributed by atoms with Crippen molar-refractivity contribution in [2.24, 2.45) is 49.9 Å². The zero-order valence-corrected chi connectivity index (χ0v) is 71.4. The fourth-order valence-corrected chi connectivity index (χ4v) is 14.0. The van der Waals surface area contributed by atoms with Gasteiger partial charge in [0.1, 0.15) is 17.2 Å². The number of hydrogen-bond acceptors (Lipinski definition) is 20. The number of aliphatic imine (C=N–C) groups is 10. The molecule has 0 bridgehead atoms. The lowest BCUT2D eigenvalue weighted by Gasteiger charge is -2.25. The van der Waals surface area contributed by atoms with E-state index in [-0.39, 0.29) is 6.17 Å². The maximum Gasteiger partial charge on any atom is 0.165 e. The number of hydrogen-bond donors (Lipinski definition) is 0. The Labute approximate surface area is 728 Å². The Kier molecular flexibility index (Phi) is 39.9. The van der Waals surface area contributed by atoms with E-state index in [1.807, 2.05) is 256 Å². The lowest BCUT2D eigenvalue weighted by Crippen LogP contribution is -2.31. The van der Waals surface area contributed by atoms with Crippen LogP contribution >= 0.6 is 0 Å². The molecule has 1 saturated carbocycles. The SMILES string of the molecule is C(=NC(N=Cc1ccccc1)c1ccccc1)c1ccccc1.C(=NC1CCCCC1N=Cc1ccc(N2CCCC2)cc1)c1ccc(N2CCCC2)cc1.C(=NCCN(CCN=Cc1ccccn1)CCN=Cc1ccccn1)c1ccccn1.COc1ccccc1C=NCCN(CCN=Cc1ccccc1OC)CCN=Cc1ccccc1OC. The number of anilines is 2. The molecule has 2 saturated heterocycles. The first kappa shape index (κ1) is 90.6. The largest absolute Gasteiger partial charge is 0.496 e. The average Bonchev–Trinajstić information content (AvgIpc) is 1.79. The number of nitrogens with zero attached hydrogens (tertiary/aromatic N) is 17. The van der Waals surface area contributed by atoms with E-state index in [0.29, 0.717) is 51.4 Å². The van der Waals surface area contributed by atoms with Gasteiger partial charge in [0.2, 0.25) is 0 Å². The summed E-state index contributed by atoms with van der Waals surface area (Å²) in [6.07, 6.45) is 34.1. The number of aromatic nitrogens is 3. The fourth-order valence-electron chi connectivity index (χ4n) is 14.0. The Bertz CT molecular complexity index is 4660. The molecule has 20 nitrogen and oxygen atoms in total. The molecule has 0 amide bonds. The van der Waals surface area contributed by atoms with E-state index in [2.05, 4.69) is 148 Å². The molecule has 11 aromatic rings. The van der Waals surface area contributed by atoms with Crippen molar-refractivity contribution in [2.45, 2.75) is 69.6 Å². The third kappa shape index (κ3) is 33.4. The van der Waals surface area contributed by atoms with Gasteiger partial charge in [0.25, 0.3) is 0 Å². The highest BCUT2D eigenvalue weighted by Gasteiger charge is 2.24. The van der Waals surface area contributed by atoms with Crippen molar-refractivity contribution in [1.29, 1.82) is 0 Å². The van der Waals surface area contributed by atoms with Crippen LogP contribution in [0.15, 0.2) is 335 Å². The monoisotopic (exact) mass is 1640 g/mol. The van der Waals surface area contributed by atoms with Gasteiger partial charge in [0.15, 0.2) is 6.17 Å². The van der Waals surface area contributed by atoms with Crippen molar-refractivity contribution in [3.05, 3.63) is 347 Å².